The first kappa shape index (κ1) is 37.1. The second-order valence-electron chi connectivity index (χ2n) is 13.3. The van der Waals surface area contributed by atoms with E-state index >= 15 is 0 Å². The van der Waals surface area contributed by atoms with Crippen molar-refractivity contribution in [3.63, 3.8) is 0 Å². The minimum Gasteiger partial charge on any atom is -0.0623 e. The fourth-order valence-corrected chi connectivity index (χ4v) is 6.62. The summed E-state index contributed by atoms with van der Waals surface area (Å²) in [5, 5.41) is 13.2. The van der Waals surface area contributed by atoms with Crippen molar-refractivity contribution in [3.8, 4) is 11.1 Å². The molecule has 11 aromatic carbocycles. The molecular weight excluding hydrogens is 673 g/mol. The van der Waals surface area contributed by atoms with Gasteiger partial charge >= 0.3 is 0 Å². The molecule has 0 heteroatoms. The maximum Gasteiger partial charge on any atom is -0.0105 e. The monoisotopic (exact) mass is 716 g/mol. The molecule has 0 radical (unpaired) electrons. The van der Waals surface area contributed by atoms with Gasteiger partial charge in [-0.25, -0.2) is 0 Å². The quantitative estimate of drug-likeness (QED) is 0.117. The summed E-state index contributed by atoms with van der Waals surface area (Å²) < 4.78 is 0. The van der Waals surface area contributed by atoms with Gasteiger partial charge in [0, 0.05) is 0 Å². The Balaban J connectivity index is 0.000000110. The van der Waals surface area contributed by atoms with Crippen molar-refractivity contribution in [3.05, 3.63) is 267 Å². The highest BCUT2D eigenvalue weighted by atomic mass is 14.0. The van der Waals surface area contributed by atoms with Crippen LogP contribution in [-0.4, -0.2) is 0 Å². The van der Waals surface area contributed by atoms with E-state index < -0.39 is 0 Å². The topological polar surface area (TPSA) is 0 Å². The maximum absolute atomic E-state index is 2.24. The molecule has 0 bridgehead atoms. The number of fused-ring (bicyclic) bond motifs is 6. The van der Waals surface area contributed by atoms with Crippen LogP contribution in [0.25, 0.3) is 65.0 Å². The second-order valence-corrected chi connectivity index (χ2v) is 13.3. The summed E-state index contributed by atoms with van der Waals surface area (Å²) >= 11 is 0. The first-order valence-corrected chi connectivity index (χ1v) is 19.1. The normalized spacial score (nSPS) is 10.1. The van der Waals surface area contributed by atoms with Crippen LogP contribution in [0.4, 0.5) is 0 Å². The Labute approximate surface area is 330 Å². The molecule has 0 fully saturated rings. The molecule has 0 amide bonds. The van der Waals surface area contributed by atoms with Crippen LogP contribution in [0.3, 0.4) is 0 Å². The van der Waals surface area contributed by atoms with E-state index in [1.807, 2.05) is 48.5 Å². The number of hydrogen-bond acceptors (Lipinski definition) is 0. The maximum atomic E-state index is 2.24. The summed E-state index contributed by atoms with van der Waals surface area (Å²) in [5.74, 6) is 0. The van der Waals surface area contributed by atoms with E-state index in [-0.39, 0.29) is 0 Å². The molecule has 11 rings (SSSR count). The van der Waals surface area contributed by atoms with E-state index in [1.54, 1.807) is 0 Å². The molecule has 0 aliphatic heterocycles. The number of rotatable bonds is 1. The molecule has 0 spiro atoms. The van der Waals surface area contributed by atoms with Gasteiger partial charge in [0.2, 0.25) is 0 Å². The SMILES string of the molecule is c1ccc(-c2ccccc2)cc1.c1ccc2c(c1)ccc1ccccc12.c1ccc2cc3ccccc3cc2c1.c1ccc2ccccc2c1.c1ccccc1. The van der Waals surface area contributed by atoms with Crippen molar-refractivity contribution in [2.24, 2.45) is 0 Å². The average molecular weight is 717 g/mol. The van der Waals surface area contributed by atoms with Gasteiger partial charge in [-0.2, -0.15) is 0 Å². The van der Waals surface area contributed by atoms with Crippen molar-refractivity contribution >= 4 is 53.9 Å². The third-order valence-corrected chi connectivity index (χ3v) is 9.47. The Hall–Kier alpha value is -7.28. The molecule has 268 valence electrons. The smallest absolute Gasteiger partial charge is 0.0105 e. The van der Waals surface area contributed by atoms with Crippen molar-refractivity contribution in [2.45, 2.75) is 0 Å². The predicted molar refractivity (Wildman–Crippen MR) is 245 cm³/mol. The van der Waals surface area contributed by atoms with Crippen LogP contribution in [0, 0.1) is 0 Å². The molecule has 0 nitrogen and oxygen atoms in total. The molecule has 0 aromatic heterocycles. The van der Waals surface area contributed by atoms with Gasteiger partial charge in [-0.05, 0) is 77.1 Å². The molecule has 0 saturated heterocycles. The average Bonchev–Trinajstić information content (AvgIpc) is 3.30. The highest BCUT2D eigenvalue weighted by Gasteiger charge is 1.98. The van der Waals surface area contributed by atoms with Crippen LogP contribution >= 0.6 is 0 Å². The molecule has 0 aliphatic carbocycles. The van der Waals surface area contributed by atoms with E-state index in [4.69, 9.17) is 0 Å². The second kappa shape index (κ2) is 19.7. The van der Waals surface area contributed by atoms with Gasteiger partial charge in [0.05, 0.1) is 0 Å². The van der Waals surface area contributed by atoms with Gasteiger partial charge < -0.3 is 0 Å². The molecule has 0 aliphatic rings. The molecule has 0 saturated carbocycles. The highest BCUT2D eigenvalue weighted by Crippen LogP contribution is 2.25. The summed E-state index contributed by atoms with van der Waals surface area (Å²) in [5.41, 5.74) is 2.55. The lowest BCUT2D eigenvalue weighted by Gasteiger charge is -2.02. The first-order chi connectivity index (χ1) is 27.8. The van der Waals surface area contributed by atoms with Crippen molar-refractivity contribution in [1.82, 2.24) is 0 Å². The molecule has 0 heterocycles. The molecule has 0 atom stereocenters. The van der Waals surface area contributed by atoms with E-state index in [0.717, 1.165) is 0 Å². The van der Waals surface area contributed by atoms with E-state index in [0.29, 0.717) is 0 Å². The van der Waals surface area contributed by atoms with Gasteiger partial charge in [0.1, 0.15) is 0 Å². The van der Waals surface area contributed by atoms with Crippen LogP contribution in [0.15, 0.2) is 267 Å². The minimum atomic E-state index is 1.28. The van der Waals surface area contributed by atoms with Gasteiger partial charge in [0.15, 0.2) is 0 Å². The third kappa shape index (κ3) is 10.2. The fraction of sp³-hybridized carbons (Fsp3) is 0. The Kier molecular flexibility index (Phi) is 13.0. The van der Waals surface area contributed by atoms with Crippen molar-refractivity contribution in [1.29, 1.82) is 0 Å². The lowest BCUT2D eigenvalue weighted by atomic mass is 10.0. The Morgan fingerprint density at radius 2 is 0.357 bits per heavy atom. The zero-order valence-electron chi connectivity index (χ0n) is 31.4. The van der Waals surface area contributed by atoms with Crippen LogP contribution in [0.5, 0.6) is 0 Å². The van der Waals surface area contributed by atoms with E-state index in [2.05, 4.69) is 218 Å². The number of hydrogen-bond donors (Lipinski definition) is 0. The summed E-state index contributed by atoms with van der Waals surface area (Å²) in [6.07, 6.45) is 0. The highest BCUT2D eigenvalue weighted by molar-refractivity contribution is 6.07. The standard InChI is InChI=1S/2C14H10.C12H10.C10H8.C6H6/c1-3-7-13-11(5-1)9-10-12-6-2-4-8-14(12)13;1-2-6-12-10-14-8-4-3-7-13(14)9-11(12)5-1;1-3-7-11(8-4-1)12-9-5-2-6-10-12;1-2-6-10-8-4-3-7-9(10)5-1;1-2-4-6-5-3-1/h2*1-10H;1-10H;1-8H;1-6H. The zero-order valence-corrected chi connectivity index (χ0v) is 31.4. The molecule has 0 unspecified atom stereocenters. The van der Waals surface area contributed by atoms with Crippen LogP contribution < -0.4 is 0 Å². The lowest BCUT2D eigenvalue weighted by Crippen LogP contribution is -1.75. The Morgan fingerprint density at radius 1 is 0.143 bits per heavy atom. The van der Waals surface area contributed by atoms with Crippen LogP contribution in [-0.2, 0) is 0 Å². The molecule has 11 aromatic rings. The predicted octanol–water partition coefficient (Wildman–Crippen LogP) is 15.9. The minimum absolute atomic E-state index is 1.28. The molecular formula is C56H44. The van der Waals surface area contributed by atoms with Crippen LogP contribution in [0.1, 0.15) is 0 Å². The largest absolute Gasteiger partial charge is 0.0623 e. The van der Waals surface area contributed by atoms with E-state index in [9.17, 15) is 0 Å². The summed E-state index contributed by atoms with van der Waals surface area (Å²) in [6.45, 7) is 0. The Morgan fingerprint density at radius 3 is 0.661 bits per heavy atom. The van der Waals surface area contributed by atoms with Gasteiger partial charge in [0.25, 0.3) is 0 Å². The van der Waals surface area contributed by atoms with Gasteiger partial charge in [-0.15, -0.1) is 0 Å². The molecule has 0 N–H and O–H groups in total. The third-order valence-electron chi connectivity index (χ3n) is 9.47. The lowest BCUT2D eigenvalue weighted by molar-refractivity contribution is 1.62. The van der Waals surface area contributed by atoms with Gasteiger partial charge in [-0.3, -0.25) is 0 Å². The number of benzene rings is 11. The fourth-order valence-electron chi connectivity index (χ4n) is 6.62. The van der Waals surface area contributed by atoms with Crippen LogP contribution in [0.2, 0.25) is 0 Å². The summed E-state index contributed by atoms with van der Waals surface area (Å²) in [4.78, 5) is 0. The first-order valence-electron chi connectivity index (χ1n) is 19.1. The van der Waals surface area contributed by atoms with Crippen molar-refractivity contribution in [2.75, 3.05) is 0 Å². The zero-order chi connectivity index (χ0) is 38.0. The van der Waals surface area contributed by atoms with E-state index in [1.165, 1.54) is 65.0 Å². The Bertz CT molecular complexity index is 2540. The summed E-state index contributed by atoms with van der Waals surface area (Å²) in [6, 6.07) is 92.3. The molecule has 56 heavy (non-hydrogen) atoms. The van der Waals surface area contributed by atoms with Crippen molar-refractivity contribution < 1.29 is 0 Å². The summed E-state index contributed by atoms with van der Waals surface area (Å²) in [7, 11) is 0. The van der Waals surface area contributed by atoms with Gasteiger partial charge in [-0.1, -0.05) is 255 Å².